The number of aromatic nitrogens is 1. The van der Waals surface area contributed by atoms with Crippen molar-refractivity contribution in [2.24, 2.45) is 0 Å². The Labute approximate surface area is 200 Å². The highest BCUT2D eigenvalue weighted by Crippen LogP contribution is 2.40. The number of aliphatic hydroxyl groups excluding tert-OH is 2. The Hall–Kier alpha value is -2.84. The SMILES string of the molecule is CCCSC1N(c2ccc(OCC(F)(F)F)cc2)C(=O)c2ccc(=O)[nH]c2N1C(O)C(F)(F)CO. The molecule has 0 saturated heterocycles. The van der Waals surface area contributed by atoms with E-state index in [0.717, 1.165) is 33.7 Å². The molecular formula is C21H22F5N3O5S. The van der Waals surface area contributed by atoms with Crippen LogP contribution >= 0.6 is 11.8 Å². The number of H-pyrrole nitrogens is 1. The first-order valence-corrected chi connectivity index (χ1v) is 11.4. The summed E-state index contributed by atoms with van der Waals surface area (Å²) in [5.74, 6) is -4.87. The summed E-state index contributed by atoms with van der Waals surface area (Å²) in [6.45, 7) is -1.43. The number of halogens is 5. The van der Waals surface area contributed by atoms with Crippen LogP contribution in [0.4, 0.5) is 33.5 Å². The summed E-state index contributed by atoms with van der Waals surface area (Å²) in [5, 5.41) is 19.7. The summed E-state index contributed by atoms with van der Waals surface area (Å²) in [6, 6.07) is 7.03. The van der Waals surface area contributed by atoms with Crippen molar-refractivity contribution < 1.29 is 41.7 Å². The van der Waals surface area contributed by atoms with Crippen molar-refractivity contribution in [2.75, 3.05) is 28.8 Å². The smallest absolute Gasteiger partial charge is 0.422 e. The van der Waals surface area contributed by atoms with Gasteiger partial charge in [0.25, 0.3) is 5.91 Å². The van der Waals surface area contributed by atoms with Gasteiger partial charge in [-0.25, -0.2) is 0 Å². The number of amides is 1. The number of carbonyl (C=O) groups is 1. The molecule has 0 bridgehead atoms. The molecule has 8 nitrogen and oxygen atoms in total. The molecule has 0 saturated carbocycles. The summed E-state index contributed by atoms with van der Waals surface area (Å²) in [6.07, 6.45) is -6.63. The molecule has 1 aromatic heterocycles. The zero-order valence-electron chi connectivity index (χ0n) is 18.3. The number of thioether (sulfide) groups is 1. The molecule has 1 amide bonds. The maximum atomic E-state index is 14.4. The minimum atomic E-state index is -4.56. The van der Waals surface area contributed by atoms with Gasteiger partial charge in [0.15, 0.2) is 18.3 Å². The van der Waals surface area contributed by atoms with Crippen LogP contribution in [0.2, 0.25) is 0 Å². The van der Waals surface area contributed by atoms with E-state index in [1.165, 1.54) is 24.3 Å². The molecule has 3 rings (SSSR count). The lowest BCUT2D eigenvalue weighted by molar-refractivity contribution is -0.153. The van der Waals surface area contributed by atoms with Gasteiger partial charge in [-0.05, 0) is 42.5 Å². The number of alkyl halides is 5. The van der Waals surface area contributed by atoms with Gasteiger partial charge in [-0.2, -0.15) is 22.0 Å². The molecule has 2 atom stereocenters. The summed E-state index contributed by atoms with van der Waals surface area (Å²) < 4.78 is 70.8. The van der Waals surface area contributed by atoms with Crippen molar-refractivity contribution >= 4 is 29.2 Å². The Bertz CT molecular complexity index is 1100. The van der Waals surface area contributed by atoms with Crippen LogP contribution in [0.5, 0.6) is 5.75 Å². The van der Waals surface area contributed by atoms with Crippen LogP contribution in [0.1, 0.15) is 23.7 Å². The van der Waals surface area contributed by atoms with Gasteiger partial charge in [-0.3, -0.25) is 19.4 Å². The molecule has 2 unspecified atom stereocenters. The van der Waals surface area contributed by atoms with Crippen LogP contribution in [0.15, 0.2) is 41.2 Å². The normalized spacial score (nSPS) is 17.4. The van der Waals surface area contributed by atoms with Crippen molar-refractivity contribution in [1.29, 1.82) is 0 Å². The fourth-order valence-corrected chi connectivity index (χ4v) is 4.52. The maximum absolute atomic E-state index is 14.4. The topological polar surface area (TPSA) is 106 Å². The predicted molar refractivity (Wildman–Crippen MR) is 119 cm³/mol. The van der Waals surface area contributed by atoms with E-state index in [1.807, 2.05) is 0 Å². The van der Waals surface area contributed by atoms with Crippen molar-refractivity contribution in [3.8, 4) is 5.75 Å². The third-order valence-electron chi connectivity index (χ3n) is 4.90. The van der Waals surface area contributed by atoms with Crippen LogP contribution in [-0.4, -0.2) is 63.9 Å². The van der Waals surface area contributed by atoms with Crippen molar-refractivity contribution in [1.82, 2.24) is 4.98 Å². The van der Waals surface area contributed by atoms with Crippen LogP contribution in [0.25, 0.3) is 0 Å². The maximum Gasteiger partial charge on any atom is 0.422 e. The highest BCUT2D eigenvalue weighted by Gasteiger charge is 2.50. The first-order chi connectivity index (χ1) is 16.4. The number of fused-ring (bicyclic) bond motifs is 1. The summed E-state index contributed by atoms with van der Waals surface area (Å²) in [4.78, 5) is 29.5. The van der Waals surface area contributed by atoms with E-state index in [0.29, 0.717) is 12.2 Å². The van der Waals surface area contributed by atoms with Gasteiger partial charge in [0, 0.05) is 11.8 Å². The number of hydrogen-bond donors (Lipinski definition) is 3. The number of benzene rings is 1. The number of nitrogens with one attached hydrogen (secondary N) is 1. The number of rotatable bonds is 9. The quantitative estimate of drug-likeness (QED) is 0.434. The average Bonchev–Trinajstić information content (AvgIpc) is 2.81. The average molecular weight is 523 g/mol. The first kappa shape index (κ1) is 26.8. The van der Waals surface area contributed by atoms with E-state index in [-0.39, 0.29) is 22.8 Å². The molecule has 1 aromatic carbocycles. The molecule has 1 aliphatic heterocycles. The Kier molecular flexibility index (Phi) is 7.97. The van der Waals surface area contributed by atoms with Crippen molar-refractivity contribution in [3.05, 3.63) is 52.3 Å². The van der Waals surface area contributed by atoms with Gasteiger partial charge < -0.3 is 19.9 Å². The number of hydrogen-bond acceptors (Lipinski definition) is 7. The lowest BCUT2D eigenvalue weighted by atomic mass is 10.1. The van der Waals surface area contributed by atoms with E-state index in [1.54, 1.807) is 6.92 Å². The van der Waals surface area contributed by atoms with Gasteiger partial charge >= 0.3 is 12.1 Å². The van der Waals surface area contributed by atoms with Gasteiger partial charge in [0.2, 0.25) is 5.56 Å². The highest BCUT2D eigenvalue weighted by atomic mass is 32.2. The Balaban J connectivity index is 2.10. The van der Waals surface area contributed by atoms with Gasteiger partial charge in [0.1, 0.15) is 18.2 Å². The zero-order chi connectivity index (χ0) is 26.0. The molecule has 192 valence electrons. The molecule has 3 N–H and O–H groups in total. The lowest BCUT2D eigenvalue weighted by Crippen LogP contribution is -2.62. The summed E-state index contributed by atoms with van der Waals surface area (Å²) in [7, 11) is 0. The molecule has 2 aromatic rings. The number of carbonyl (C=O) groups excluding carboxylic acids is 1. The predicted octanol–water partition coefficient (Wildman–Crippen LogP) is 3.16. The van der Waals surface area contributed by atoms with Crippen LogP contribution in [0, 0.1) is 0 Å². The van der Waals surface area contributed by atoms with Crippen LogP contribution in [0.3, 0.4) is 0 Å². The number of aromatic amines is 1. The summed E-state index contributed by atoms with van der Waals surface area (Å²) in [5.41, 5.74) is -2.10. The van der Waals surface area contributed by atoms with E-state index in [9.17, 15) is 36.6 Å². The molecule has 2 heterocycles. The molecule has 0 radical (unpaired) electrons. The second-order valence-corrected chi connectivity index (χ2v) is 8.72. The monoisotopic (exact) mass is 523 g/mol. The fraction of sp³-hybridized carbons (Fsp3) is 0.429. The third-order valence-corrected chi connectivity index (χ3v) is 6.28. The molecule has 35 heavy (non-hydrogen) atoms. The number of nitrogens with zero attached hydrogens (tertiary/aromatic N) is 2. The number of aliphatic hydroxyl groups is 2. The molecule has 0 spiro atoms. The standard InChI is InChI=1S/C21H22F5N3O5S/c1-2-9-35-19-28(12-3-5-13(6-4-12)34-11-21(24,25)26)17(32)14-7-8-15(31)27-16(14)29(19)18(33)20(22,23)10-30/h3-8,18-19,30,33H,2,9-11H2,1H3,(H,27,31). The van der Waals surface area contributed by atoms with Gasteiger partial charge in [0.05, 0.1) is 5.56 Å². The second kappa shape index (κ2) is 10.4. The number of pyridine rings is 1. The van der Waals surface area contributed by atoms with Gasteiger partial charge in [-0.15, -0.1) is 11.8 Å². The van der Waals surface area contributed by atoms with Gasteiger partial charge in [-0.1, -0.05) is 6.92 Å². The number of anilines is 2. The largest absolute Gasteiger partial charge is 0.484 e. The van der Waals surface area contributed by atoms with Crippen molar-refractivity contribution in [3.63, 3.8) is 0 Å². The minimum Gasteiger partial charge on any atom is -0.484 e. The van der Waals surface area contributed by atoms with Crippen molar-refractivity contribution in [2.45, 2.75) is 37.2 Å². The molecule has 0 fully saturated rings. The minimum absolute atomic E-state index is 0.115. The van der Waals surface area contributed by atoms with E-state index >= 15 is 0 Å². The fourth-order valence-electron chi connectivity index (χ4n) is 3.32. The van der Waals surface area contributed by atoms with Crippen LogP contribution < -0.4 is 20.1 Å². The molecule has 0 aliphatic carbocycles. The first-order valence-electron chi connectivity index (χ1n) is 10.3. The molecular weight excluding hydrogens is 501 g/mol. The highest BCUT2D eigenvalue weighted by molar-refractivity contribution is 8.00. The zero-order valence-corrected chi connectivity index (χ0v) is 19.1. The van der Waals surface area contributed by atoms with E-state index < -0.39 is 48.5 Å². The Morgan fingerprint density at radius 1 is 1.11 bits per heavy atom. The van der Waals surface area contributed by atoms with Crippen LogP contribution in [-0.2, 0) is 0 Å². The Morgan fingerprint density at radius 2 is 1.77 bits per heavy atom. The third kappa shape index (κ3) is 5.87. The number of ether oxygens (including phenoxy) is 1. The molecule has 14 heteroatoms. The second-order valence-electron chi connectivity index (χ2n) is 7.55. The molecule has 1 aliphatic rings. The Morgan fingerprint density at radius 3 is 2.34 bits per heavy atom. The van der Waals surface area contributed by atoms with E-state index in [2.05, 4.69) is 9.72 Å². The lowest BCUT2D eigenvalue weighted by Gasteiger charge is -2.47. The van der Waals surface area contributed by atoms with E-state index in [4.69, 9.17) is 5.11 Å². The summed E-state index contributed by atoms with van der Waals surface area (Å²) >= 11 is 1.01.